The van der Waals surface area contributed by atoms with Crippen LogP contribution in [0.25, 0.3) is 11.2 Å². The van der Waals surface area contributed by atoms with Crippen LogP contribution in [0.2, 0.25) is 0 Å². The molecule has 0 bridgehead atoms. The van der Waals surface area contributed by atoms with Crippen LogP contribution in [0.3, 0.4) is 0 Å². The fourth-order valence-corrected chi connectivity index (χ4v) is 1.01. The summed E-state index contributed by atoms with van der Waals surface area (Å²) in [6.07, 6.45) is 3.45. The van der Waals surface area contributed by atoms with Crippen LogP contribution in [0.5, 0.6) is 0 Å². The van der Waals surface area contributed by atoms with Crippen LogP contribution in [-0.2, 0) is 0 Å². The van der Waals surface area contributed by atoms with Gasteiger partial charge in [-0.25, -0.2) is 14.6 Å². The Morgan fingerprint density at radius 3 is 3.18 bits per heavy atom. The number of fused-ring (bicyclic) bond motifs is 1. The molecule has 0 saturated heterocycles. The van der Waals surface area contributed by atoms with Crippen molar-refractivity contribution in [2.24, 2.45) is 0 Å². The summed E-state index contributed by atoms with van der Waals surface area (Å²) in [5.41, 5.74) is 4.70. The lowest BCUT2D eigenvalue weighted by Gasteiger charge is -1.98. The van der Waals surface area contributed by atoms with Crippen LogP contribution in [0.1, 0.15) is 0 Å². The van der Waals surface area contributed by atoms with E-state index in [9.17, 15) is 0 Å². The minimum absolute atomic E-state index is 0.856. The summed E-state index contributed by atoms with van der Waals surface area (Å²) in [6, 6.07) is 3.80. The molecule has 0 aliphatic rings. The minimum atomic E-state index is 0.856. The molecule has 2 aromatic rings. The van der Waals surface area contributed by atoms with Crippen molar-refractivity contribution >= 4 is 11.2 Å². The number of hydrogen-bond acceptors (Lipinski definition) is 3. The lowest BCUT2D eigenvalue weighted by Crippen LogP contribution is -2.06. The molecule has 0 atom stereocenters. The van der Waals surface area contributed by atoms with Gasteiger partial charge in [-0.1, -0.05) is 0 Å². The molecular formula is C7H8N4. The Balaban J connectivity index is 2.76. The van der Waals surface area contributed by atoms with Crippen LogP contribution >= 0.6 is 0 Å². The zero-order chi connectivity index (χ0) is 7.68. The maximum Gasteiger partial charge on any atom is 0.178 e. The quantitative estimate of drug-likeness (QED) is 0.644. The Hall–Kier alpha value is -1.58. The Bertz CT molecular complexity index is 365. The summed E-state index contributed by atoms with van der Waals surface area (Å²) in [6.45, 7) is 0. The smallest absolute Gasteiger partial charge is 0.178 e. The molecule has 0 unspecified atom stereocenters. The first-order valence-electron chi connectivity index (χ1n) is 3.37. The number of nitrogens with one attached hydrogen (secondary N) is 1. The van der Waals surface area contributed by atoms with Crippen LogP contribution in [0.4, 0.5) is 0 Å². The Labute approximate surface area is 63.9 Å². The largest absolute Gasteiger partial charge is 0.326 e. The van der Waals surface area contributed by atoms with Gasteiger partial charge in [0.05, 0.1) is 0 Å². The van der Waals surface area contributed by atoms with Crippen molar-refractivity contribution in [1.29, 1.82) is 0 Å². The van der Waals surface area contributed by atoms with Crippen molar-refractivity contribution in [1.82, 2.24) is 14.6 Å². The highest BCUT2D eigenvalue weighted by Gasteiger charge is 1.98. The van der Waals surface area contributed by atoms with E-state index in [4.69, 9.17) is 0 Å². The van der Waals surface area contributed by atoms with Crippen molar-refractivity contribution in [3.05, 3.63) is 24.7 Å². The van der Waals surface area contributed by atoms with Gasteiger partial charge in [0.25, 0.3) is 0 Å². The molecule has 56 valence electrons. The monoisotopic (exact) mass is 148 g/mol. The Morgan fingerprint density at radius 1 is 1.45 bits per heavy atom. The van der Waals surface area contributed by atoms with E-state index in [1.807, 2.05) is 19.2 Å². The highest BCUT2D eigenvalue weighted by Crippen LogP contribution is 2.05. The maximum absolute atomic E-state index is 4.15. The first kappa shape index (κ1) is 6.15. The second-order valence-electron chi connectivity index (χ2n) is 2.18. The Morgan fingerprint density at radius 2 is 2.36 bits per heavy atom. The lowest BCUT2D eigenvalue weighted by atomic mass is 10.4. The number of hydrogen-bond donors (Lipinski definition) is 1. The first-order valence-corrected chi connectivity index (χ1v) is 3.37. The zero-order valence-electron chi connectivity index (χ0n) is 6.15. The third-order valence-electron chi connectivity index (χ3n) is 1.55. The zero-order valence-corrected chi connectivity index (χ0v) is 6.15. The summed E-state index contributed by atoms with van der Waals surface area (Å²) in [5.74, 6) is 0. The summed E-state index contributed by atoms with van der Waals surface area (Å²) in [4.78, 5) is 8.28. The maximum atomic E-state index is 4.15. The van der Waals surface area contributed by atoms with Crippen LogP contribution < -0.4 is 5.43 Å². The van der Waals surface area contributed by atoms with Crippen molar-refractivity contribution in [2.75, 3.05) is 12.5 Å². The van der Waals surface area contributed by atoms with E-state index < -0.39 is 0 Å². The van der Waals surface area contributed by atoms with Crippen molar-refractivity contribution < 1.29 is 0 Å². The standard InChI is InChI=1S/C7H8N4/c1-8-11-5-10-6-3-2-4-9-7(6)11/h2-5,8H,1H3. The molecule has 2 rings (SSSR count). The van der Waals surface area contributed by atoms with Gasteiger partial charge in [-0.2, -0.15) is 0 Å². The molecule has 4 heteroatoms. The van der Waals surface area contributed by atoms with Gasteiger partial charge < -0.3 is 5.43 Å². The van der Waals surface area contributed by atoms with Gasteiger partial charge in [0, 0.05) is 13.2 Å². The predicted octanol–water partition coefficient (Wildman–Crippen LogP) is 0.605. The van der Waals surface area contributed by atoms with E-state index in [-0.39, 0.29) is 0 Å². The summed E-state index contributed by atoms with van der Waals surface area (Å²) < 4.78 is 1.77. The van der Waals surface area contributed by atoms with E-state index in [0.717, 1.165) is 11.2 Å². The first-order chi connectivity index (χ1) is 5.42. The molecule has 0 amide bonds. The van der Waals surface area contributed by atoms with E-state index in [2.05, 4.69) is 15.4 Å². The molecule has 2 heterocycles. The van der Waals surface area contributed by atoms with Gasteiger partial charge >= 0.3 is 0 Å². The van der Waals surface area contributed by atoms with Crippen LogP contribution in [-0.4, -0.2) is 21.7 Å². The van der Waals surface area contributed by atoms with Crippen molar-refractivity contribution in [3.63, 3.8) is 0 Å². The number of imidazole rings is 1. The SMILES string of the molecule is CNn1cnc2cccnc21. The summed E-state index contributed by atoms with van der Waals surface area (Å²) in [7, 11) is 1.83. The van der Waals surface area contributed by atoms with Gasteiger partial charge in [-0.05, 0) is 12.1 Å². The fraction of sp³-hybridized carbons (Fsp3) is 0.143. The number of nitrogens with zero attached hydrogens (tertiary/aromatic N) is 3. The van der Waals surface area contributed by atoms with Gasteiger partial charge in [0.15, 0.2) is 5.65 Å². The molecule has 0 radical (unpaired) electrons. The van der Waals surface area contributed by atoms with Crippen LogP contribution in [0.15, 0.2) is 24.7 Å². The van der Waals surface area contributed by atoms with Crippen LogP contribution in [0, 0.1) is 0 Å². The topological polar surface area (TPSA) is 42.7 Å². The molecular weight excluding hydrogens is 140 g/mol. The average molecular weight is 148 g/mol. The molecule has 1 N–H and O–H groups in total. The summed E-state index contributed by atoms with van der Waals surface area (Å²) in [5, 5.41) is 0. The van der Waals surface area contributed by atoms with Crippen molar-refractivity contribution in [3.8, 4) is 0 Å². The second-order valence-corrected chi connectivity index (χ2v) is 2.18. The van der Waals surface area contributed by atoms with E-state index in [1.165, 1.54) is 0 Å². The van der Waals surface area contributed by atoms with E-state index >= 15 is 0 Å². The van der Waals surface area contributed by atoms with Gasteiger partial charge in [0.2, 0.25) is 0 Å². The third-order valence-corrected chi connectivity index (χ3v) is 1.55. The molecule has 0 saturated carbocycles. The Kier molecular flexibility index (Phi) is 1.25. The molecule has 0 aliphatic heterocycles. The number of rotatable bonds is 1. The van der Waals surface area contributed by atoms with Gasteiger partial charge in [-0.3, -0.25) is 0 Å². The highest BCUT2D eigenvalue weighted by atomic mass is 15.4. The van der Waals surface area contributed by atoms with E-state index in [1.54, 1.807) is 17.2 Å². The fourth-order valence-electron chi connectivity index (χ4n) is 1.01. The number of pyridine rings is 1. The lowest BCUT2D eigenvalue weighted by molar-refractivity contribution is 0.940. The molecule has 0 aliphatic carbocycles. The van der Waals surface area contributed by atoms with Gasteiger partial charge in [-0.15, -0.1) is 0 Å². The predicted molar refractivity (Wildman–Crippen MR) is 42.8 cm³/mol. The summed E-state index contributed by atoms with van der Waals surface area (Å²) >= 11 is 0. The average Bonchev–Trinajstić information content (AvgIpc) is 2.47. The minimum Gasteiger partial charge on any atom is -0.326 e. The molecule has 4 nitrogen and oxygen atoms in total. The third kappa shape index (κ3) is 0.832. The second kappa shape index (κ2) is 2.23. The molecule has 11 heavy (non-hydrogen) atoms. The molecule has 0 aromatic carbocycles. The highest BCUT2D eigenvalue weighted by molar-refractivity contribution is 5.70. The number of aromatic nitrogens is 3. The molecule has 0 fully saturated rings. The van der Waals surface area contributed by atoms with Crippen molar-refractivity contribution in [2.45, 2.75) is 0 Å². The van der Waals surface area contributed by atoms with E-state index in [0.29, 0.717) is 0 Å². The van der Waals surface area contributed by atoms with Gasteiger partial charge in [0.1, 0.15) is 11.8 Å². The molecule has 2 aromatic heterocycles. The molecule has 0 spiro atoms. The normalized spacial score (nSPS) is 10.3.